The van der Waals surface area contributed by atoms with Crippen molar-refractivity contribution in [1.82, 2.24) is 9.97 Å². The monoisotopic (exact) mass is 332 g/mol. The standard InChI is InChI=1S/C21H20N2O2/c1-5-6-15-9-17(24)19(20(15)25)18-13(3)7-16(8-14(18)4)21-22-10-12(2)11-23-21/h1,7-8,10-11,15,19H,6,9H2,2-4H3. The van der Waals surface area contributed by atoms with Crippen molar-refractivity contribution in [2.24, 2.45) is 5.92 Å². The van der Waals surface area contributed by atoms with Crippen LogP contribution >= 0.6 is 0 Å². The summed E-state index contributed by atoms with van der Waals surface area (Å²) in [5.41, 5.74) is 4.51. The maximum absolute atomic E-state index is 12.7. The minimum Gasteiger partial charge on any atom is -0.298 e. The average molecular weight is 332 g/mol. The van der Waals surface area contributed by atoms with Crippen LogP contribution in [0.1, 0.15) is 41.0 Å². The van der Waals surface area contributed by atoms with Crippen LogP contribution in [0.5, 0.6) is 0 Å². The van der Waals surface area contributed by atoms with Gasteiger partial charge in [0.25, 0.3) is 0 Å². The lowest BCUT2D eigenvalue weighted by Gasteiger charge is -2.16. The van der Waals surface area contributed by atoms with Gasteiger partial charge in [-0.15, -0.1) is 12.3 Å². The van der Waals surface area contributed by atoms with Crippen LogP contribution in [0, 0.1) is 39.0 Å². The highest BCUT2D eigenvalue weighted by molar-refractivity contribution is 6.15. The summed E-state index contributed by atoms with van der Waals surface area (Å²) in [5.74, 6) is 2.03. The Balaban J connectivity index is 2.01. The summed E-state index contributed by atoms with van der Waals surface area (Å²) < 4.78 is 0. The van der Waals surface area contributed by atoms with Gasteiger partial charge in [-0.3, -0.25) is 9.59 Å². The Labute approximate surface area is 147 Å². The van der Waals surface area contributed by atoms with Crippen molar-refractivity contribution in [3.05, 3.63) is 46.8 Å². The van der Waals surface area contributed by atoms with Crippen molar-refractivity contribution in [2.75, 3.05) is 0 Å². The fraction of sp³-hybridized carbons (Fsp3) is 0.333. The van der Waals surface area contributed by atoms with E-state index in [1.807, 2.05) is 32.9 Å². The SMILES string of the molecule is C#CCC1CC(=O)C(c2c(C)cc(-c3ncc(C)cn3)cc2C)C1=O. The molecule has 3 rings (SSSR count). The number of rotatable bonds is 3. The summed E-state index contributed by atoms with van der Waals surface area (Å²) >= 11 is 0. The second kappa shape index (κ2) is 6.60. The molecule has 0 radical (unpaired) electrons. The van der Waals surface area contributed by atoms with Gasteiger partial charge >= 0.3 is 0 Å². The van der Waals surface area contributed by atoms with E-state index in [4.69, 9.17) is 6.42 Å². The number of carbonyl (C=O) groups excluding carboxylic acids is 2. The van der Waals surface area contributed by atoms with E-state index in [0.717, 1.165) is 27.8 Å². The number of Topliss-reactive ketones (excluding diaryl/α,β-unsaturated/α-hetero) is 2. The maximum atomic E-state index is 12.7. The van der Waals surface area contributed by atoms with Crippen LogP contribution in [-0.4, -0.2) is 21.5 Å². The molecule has 1 aromatic carbocycles. The summed E-state index contributed by atoms with van der Waals surface area (Å²) in [7, 11) is 0. The van der Waals surface area contributed by atoms with Crippen molar-refractivity contribution in [3.63, 3.8) is 0 Å². The number of nitrogens with zero attached hydrogens (tertiary/aromatic N) is 2. The Morgan fingerprint density at radius 2 is 1.72 bits per heavy atom. The molecule has 4 heteroatoms. The van der Waals surface area contributed by atoms with E-state index in [9.17, 15) is 9.59 Å². The van der Waals surface area contributed by atoms with E-state index in [1.54, 1.807) is 12.4 Å². The first-order valence-electron chi connectivity index (χ1n) is 8.32. The second-order valence-corrected chi connectivity index (χ2v) is 6.72. The lowest BCUT2D eigenvalue weighted by atomic mass is 9.86. The molecule has 1 saturated carbocycles. The van der Waals surface area contributed by atoms with E-state index in [0.29, 0.717) is 12.2 Å². The largest absolute Gasteiger partial charge is 0.298 e. The van der Waals surface area contributed by atoms with Crippen LogP contribution < -0.4 is 0 Å². The molecule has 0 aliphatic heterocycles. The van der Waals surface area contributed by atoms with Gasteiger partial charge in [0.05, 0.1) is 0 Å². The minimum atomic E-state index is -0.689. The number of ketones is 2. The van der Waals surface area contributed by atoms with Gasteiger partial charge in [0.15, 0.2) is 11.6 Å². The Morgan fingerprint density at radius 1 is 1.12 bits per heavy atom. The topological polar surface area (TPSA) is 59.9 Å². The highest BCUT2D eigenvalue weighted by Crippen LogP contribution is 2.38. The first kappa shape index (κ1) is 17.0. The Morgan fingerprint density at radius 3 is 2.28 bits per heavy atom. The lowest BCUT2D eigenvalue weighted by Crippen LogP contribution is -2.17. The maximum Gasteiger partial charge on any atom is 0.159 e. The van der Waals surface area contributed by atoms with Crippen LogP contribution in [0.3, 0.4) is 0 Å². The van der Waals surface area contributed by atoms with Gasteiger partial charge in [-0.25, -0.2) is 9.97 Å². The van der Waals surface area contributed by atoms with Crippen molar-refractivity contribution < 1.29 is 9.59 Å². The third kappa shape index (κ3) is 3.10. The summed E-state index contributed by atoms with van der Waals surface area (Å²) in [5, 5.41) is 0. The zero-order valence-corrected chi connectivity index (χ0v) is 14.7. The Bertz CT molecular complexity index is 868. The van der Waals surface area contributed by atoms with Crippen molar-refractivity contribution in [1.29, 1.82) is 0 Å². The van der Waals surface area contributed by atoms with Gasteiger partial charge in [0, 0.05) is 36.7 Å². The molecule has 0 amide bonds. The van der Waals surface area contributed by atoms with Gasteiger partial charge < -0.3 is 0 Å². The fourth-order valence-corrected chi connectivity index (χ4v) is 3.57. The molecule has 0 bridgehead atoms. The number of carbonyl (C=O) groups is 2. The highest BCUT2D eigenvalue weighted by Gasteiger charge is 2.42. The molecule has 2 unspecified atom stereocenters. The number of aromatic nitrogens is 2. The average Bonchev–Trinajstić information content (AvgIpc) is 2.83. The molecule has 1 aromatic heterocycles. The first-order chi connectivity index (χ1) is 11.9. The molecule has 4 nitrogen and oxygen atoms in total. The van der Waals surface area contributed by atoms with E-state index < -0.39 is 5.92 Å². The number of terminal acetylenes is 1. The summed E-state index contributed by atoms with van der Waals surface area (Å²) in [6, 6.07) is 3.89. The zero-order valence-electron chi connectivity index (χ0n) is 14.7. The third-order valence-electron chi connectivity index (χ3n) is 4.74. The van der Waals surface area contributed by atoms with Crippen LogP contribution in [0.4, 0.5) is 0 Å². The van der Waals surface area contributed by atoms with Gasteiger partial charge in [-0.1, -0.05) is 0 Å². The second-order valence-electron chi connectivity index (χ2n) is 6.72. The quantitative estimate of drug-likeness (QED) is 0.639. The third-order valence-corrected chi connectivity index (χ3v) is 4.74. The minimum absolute atomic E-state index is 0.0317. The molecule has 2 aromatic rings. The number of hydrogen-bond donors (Lipinski definition) is 0. The van der Waals surface area contributed by atoms with Gasteiger partial charge in [0.1, 0.15) is 11.7 Å². The normalized spacial score (nSPS) is 19.9. The van der Waals surface area contributed by atoms with Crippen LogP contribution in [0.15, 0.2) is 24.5 Å². The lowest BCUT2D eigenvalue weighted by molar-refractivity contribution is -0.124. The van der Waals surface area contributed by atoms with E-state index in [1.165, 1.54) is 0 Å². The number of benzene rings is 1. The predicted molar refractivity (Wildman–Crippen MR) is 96.0 cm³/mol. The van der Waals surface area contributed by atoms with Crippen LogP contribution in [0.2, 0.25) is 0 Å². The molecule has 0 spiro atoms. The number of hydrogen-bond acceptors (Lipinski definition) is 4. The Hall–Kier alpha value is -2.80. The van der Waals surface area contributed by atoms with Gasteiger partial charge in [-0.2, -0.15) is 0 Å². The predicted octanol–water partition coefficient (Wildman–Crippen LogP) is 3.33. The molecule has 1 fully saturated rings. The molecule has 25 heavy (non-hydrogen) atoms. The zero-order chi connectivity index (χ0) is 18.1. The molecular formula is C21H20N2O2. The van der Waals surface area contributed by atoms with Crippen molar-refractivity contribution in [3.8, 4) is 23.7 Å². The molecule has 1 aliphatic carbocycles. The molecule has 126 valence electrons. The Kier molecular flexibility index (Phi) is 4.50. The molecule has 0 N–H and O–H groups in total. The van der Waals surface area contributed by atoms with E-state index in [-0.39, 0.29) is 23.9 Å². The molecule has 1 aliphatic rings. The summed E-state index contributed by atoms with van der Waals surface area (Å²) in [4.78, 5) is 33.8. The van der Waals surface area contributed by atoms with Gasteiger partial charge in [-0.05, 0) is 55.2 Å². The van der Waals surface area contributed by atoms with E-state index >= 15 is 0 Å². The van der Waals surface area contributed by atoms with Crippen molar-refractivity contribution >= 4 is 11.6 Å². The van der Waals surface area contributed by atoms with Crippen LogP contribution in [-0.2, 0) is 9.59 Å². The molecule has 0 saturated heterocycles. The summed E-state index contributed by atoms with van der Waals surface area (Å²) in [6.45, 7) is 5.79. The molecule has 1 heterocycles. The first-order valence-corrected chi connectivity index (χ1v) is 8.32. The fourth-order valence-electron chi connectivity index (χ4n) is 3.57. The smallest absolute Gasteiger partial charge is 0.159 e. The number of aryl methyl sites for hydroxylation is 3. The van der Waals surface area contributed by atoms with E-state index in [2.05, 4.69) is 15.9 Å². The molecule has 2 atom stereocenters. The highest BCUT2D eigenvalue weighted by atomic mass is 16.2. The van der Waals surface area contributed by atoms with Crippen molar-refractivity contribution in [2.45, 2.75) is 39.5 Å². The summed E-state index contributed by atoms with van der Waals surface area (Å²) in [6.07, 6.45) is 9.45. The van der Waals surface area contributed by atoms with Crippen LogP contribution in [0.25, 0.3) is 11.4 Å². The van der Waals surface area contributed by atoms with Gasteiger partial charge in [0.2, 0.25) is 0 Å². The molecular weight excluding hydrogens is 312 g/mol.